The number of hydroxylamine groups is 1. The molecule has 0 unspecified atom stereocenters. The van der Waals surface area contributed by atoms with Crippen molar-refractivity contribution in [2.75, 3.05) is 9.96 Å². The first-order valence-corrected chi connectivity index (χ1v) is 12.5. The minimum absolute atomic E-state index is 0.280. The van der Waals surface area contributed by atoms with E-state index in [1.54, 1.807) is 29.3 Å². The highest BCUT2D eigenvalue weighted by Crippen LogP contribution is 2.50. The smallest absolute Gasteiger partial charge is 0.266 e. The average Bonchev–Trinajstić information content (AvgIpc) is 3.44. The molecule has 0 N–H and O–H groups in total. The maximum atomic E-state index is 14.1. The molecule has 2 fully saturated rings. The van der Waals surface area contributed by atoms with Crippen LogP contribution in [0, 0.1) is 5.92 Å². The van der Waals surface area contributed by atoms with E-state index < -0.39 is 18.1 Å². The summed E-state index contributed by atoms with van der Waals surface area (Å²) in [5.74, 6) is -1.37. The third-order valence-corrected chi connectivity index (χ3v) is 7.57. The topological polar surface area (TPSA) is 49.9 Å². The highest BCUT2D eigenvalue weighted by atomic mass is 35.5. The largest absolute Gasteiger partial charge is 0.273 e. The van der Waals surface area contributed by atoms with Crippen LogP contribution in [0.5, 0.6) is 0 Å². The van der Waals surface area contributed by atoms with Crippen LogP contribution in [0.2, 0.25) is 5.02 Å². The molecule has 0 spiro atoms. The van der Waals surface area contributed by atoms with Crippen molar-refractivity contribution in [1.82, 2.24) is 0 Å². The summed E-state index contributed by atoms with van der Waals surface area (Å²) in [4.78, 5) is 35.4. The van der Waals surface area contributed by atoms with Gasteiger partial charge >= 0.3 is 0 Å². The van der Waals surface area contributed by atoms with Crippen LogP contribution in [-0.4, -0.2) is 17.9 Å². The molecule has 3 atom stereocenters. The van der Waals surface area contributed by atoms with Gasteiger partial charge in [0.15, 0.2) is 6.10 Å². The Kier molecular flexibility index (Phi) is 5.03. The highest BCUT2D eigenvalue weighted by molar-refractivity contribution is 6.31. The zero-order valence-corrected chi connectivity index (χ0v) is 20.4. The van der Waals surface area contributed by atoms with E-state index in [9.17, 15) is 9.59 Å². The Labute approximate surface area is 218 Å². The SMILES string of the molecule is O=C1[C@H]2[C@@H](ON(c3ccccc3)[C@H]2c2c3ccccc3cc3ccccc23)C(=O)N1c1ccc(Cl)cc1. The van der Waals surface area contributed by atoms with Crippen molar-refractivity contribution < 1.29 is 14.4 Å². The molecule has 0 saturated carbocycles. The number of hydrogen-bond acceptors (Lipinski definition) is 4. The number of carbonyl (C=O) groups is 2. The lowest BCUT2D eigenvalue weighted by Gasteiger charge is -2.30. The average molecular weight is 505 g/mol. The second-order valence-corrected chi connectivity index (χ2v) is 9.82. The lowest BCUT2D eigenvalue weighted by Crippen LogP contribution is -2.37. The minimum Gasteiger partial charge on any atom is -0.273 e. The van der Waals surface area contributed by atoms with Crippen molar-refractivity contribution in [2.45, 2.75) is 12.1 Å². The van der Waals surface area contributed by atoms with E-state index in [1.807, 2.05) is 54.6 Å². The van der Waals surface area contributed by atoms with Crippen molar-refractivity contribution in [3.8, 4) is 0 Å². The van der Waals surface area contributed by atoms with Crippen LogP contribution in [0.25, 0.3) is 21.5 Å². The van der Waals surface area contributed by atoms with Gasteiger partial charge in [-0.25, -0.2) is 9.96 Å². The molecule has 37 heavy (non-hydrogen) atoms. The lowest BCUT2D eigenvalue weighted by atomic mass is 9.84. The molecule has 0 bridgehead atoms. The van der Waals surface area contributed by atoms with Gasteiger partial charge < -0.3 is 0 Å². The van der Waals surface area contributed by atoms with E-state index in [4.69, 9.17) is 16.4 Å². The molecule has 2 aliphatic heterocycles. The summed E-state index contributed by atoms with van der Waals surface area (Å²) in [7, 11) is 0. The normalized spacial score (nSPS) is 21.3. The Hall–Kier alpha value is -4.19. The standard InChI is InChI=1S/C31H21ClN2O3/c32-21-14-16-22(17-15-21)33-30(35)27-28(34(37-29(27)31(33)36)23-10-2-1-3-11-23)26-24-12-6-4-8-19(24)18-20-9-5-7-13-25(20)26/h1-18,27-29H/t27-,28+,29-/m1/s1. The Morgan fingerprint density at radius 2 is 1.24 bits per heavy atom. The Bertz CT molecular complexity index is 1630. The Morgan fingerprint density at radius 3 is 1.89 bits per heavy atom. The van der Waals surface area contributed by atoms with Crippen molar-refractivity contribution in [1.29, 1.82) is 0 Å². The predicted octanol–water partition coefficient (Wildman–Crippen LogP) is 6.70. The van der Waals surface area contributed by atoms with Crippen LogP contribution in [0.3, 0.4) is 0 Å². The van der Waals surface area contributed by atoms with Gasteiger partial charge in [-0.05, 0) is 69.6 Å². The first-order chi connectivity index (χ1) is 18.1. The van der Waals surface area contributed by atoms with Gasteiger partial charge in [0.2, 0.25) is 5.91 Å². The molecular weight excluding hydrogens is 484 g/mol. The van der Waals surface area contributed by atoms with Crippen LogP contribution in [-0.2, 0) is 14.4 Å². The summed E-state index contributed by atoms with van der Waals surface area (Å²) in [6, 6.07) is 34.4. The molecule has 2 aliphatic rings. The first-order valence-electron chi connectivity index (χ1n) is 12.2. The van der Waals surface area contributed by atoms with Crippen LogP contribution < -0.4 is 9.96 Å². The van der Waals surface area contributed by atoms with Gasteiger partial charge in [0.25, 0.3) is 5.91 Å². The van der Waals surface area contributed by atoms with Crippen molar-refractivity contribution >= 4 is 56.3 Å². The fourth-order valence-electron chi connectivity index (χ4n) is 5.72. The maximum Gasteiger partial charge on any atom is 0.266 e. The van der Waals surface area contributed by atoms with Gasteiger partial charge in [-0.2, -0.15) is 0 Å². The summed E-state index contributed by atoms with van der Waals surface area (Å²) < 4.78 is 0. The van der Waals surface area contributed by atoms with Crippen LogP contribution in [0.1, 0.15) is 11.6 Å². The minimum atomic E-state index is -0.939. The molecule has 0 radical (unpaired) electrons. The Morgan fingerprint density at radius 1 is 0.649 bits per heavy atom. The van der Waals surface area contributed by atoms with Gasteiger partial charge in [-0.1, -0.05) is 78.3 Å². The number of carbonyl (C=O) groups excluding carboxylic acids is 2. The van der Waals surface area contributed by atoms with E-state index in [1.165, 1.54) is 4.90 Å². The molecular formula is C31H21ClN2O3. The molecule has 6 heteroatoms. The van der Waals surface area contributed by atoms with E-state index in [-0.39, 0.29) is 11.8 Å². The third-order valence-electron chi connectivity index (χ3n) is 7.32. The number of imide groups is 1. The zero-order chi connectivity index (χ0) is 25.1. The molecule has 180 valence electrons. The number of para-hydroxylation sites is 1. The Balaban J connectivity index is 1.47. The number of nitrogens with zero attached hydrogens (tertiary/aromatic N) is 2. The summed E-state index contributed by atoms with van der Waals surface area (Å²) >= 11 is 6.07. The molecule has 5 nitrogen and oxygen atoms in total. The summed E-state index contributed by atoms with van der Waals surface area (Å²) in [6.45, 7) is 0. The summed E-state index contributed by atoms with van der Waals surface area (Å²) in [5, 5.41) is 6.49. The van der Waals surface area contributed by atoms with E-state index >= 15 is 0 Å². The lowest BCUT2D eigenvalue weighted by molar-refractivity contribution is -0.126. The second kappa shape index (κ2) is 8.44. The van der Waals surface area contributed by atoms with E-state index in [0.717, 1.165) is 32.8 Å². The molecule has 5 aromatic rings. The second-order valence-electron chi connectivity index (χ2n) is 9.38. The fourth-order valence-corrected chi connectivity index (χ4v) is 5.84. The number of hydrogen-bond donors (Lipinski definition) is 0. The highest BCUT2D eigenvalue weighted by Gasteiger charge is 2.60. The molecule has 2 amide bonds. The van der Waals surface area contributed by atoms with Gasteiger partial charge in [-0.15, -0.1) is 0 Å². The number of anilines is 2. The predicted molar refractivity (Wildman–Crippen MR) is 145 cm³/mol. The van der Waals surface area contributed by atoms with Crippen molar-refractivity contribution in [3.05, 3.63) is 120 Å². The molecule has 0 aliphatic carbocycles. The summed E-state index contributed by atoms with van der Waals surface area (Å²) in [6.07, 6.45) is -0.939. The van der Waals surface area contributed by atoms with Crippen LogP contribution in [0.15, 0.2) is 109 Å². The number of amides is 2. The number of halogens is 1. The van der Waals surface area contributed by atoms with Gasteiger partial charge in [0.05, 0.1) is 17.4 Å². The molecule has 0 aromatic heterocycles. The first kappa shape index (κ1) is 22.0. The number of benzene rings is 5. The van der Waals surface area contributed by atoms with Crippen LogP contribution in [0.4, 0.5) is 11.4 Å². The van der Waals surface area contributed by atoms with E-state index in [2.05, 4.69) is 30.3 Å². The van der Waals surface area contributed by atoms with Crippen molar-refractivity contribution in [3.63, 3.8) is 0 Å². The maximum absolute atomic E-state index is 14.1. The zero-order valence-electron chi connectivity index (χ0n) is 19.6. The molecule has 2 saturated heterocycles. The van der Waals surface area contributed by atoms with Gasteiger partial charge in [0, 0.05) is 5.02 Å². The molecule has 7 rings (SSSR count). The quantitative estimate of drug-likeness (QED) is 0.203. The fraction of sp³-hybridized carbons (Fsp3) is 0.0968. The molecule has 5 aromatic carbocycles. The monoisotopic (exact) mass is 504 g/mol. The van der Waals surface area contributed by atoms with Crippen LogP contribution >= 0.6 is 11.6 Å². The van der Waals surface area contributed by atoms with Gasteiger partial charge in [-0.3, -0.25) is 14.4 Å². The van der Waals surface area contributed by atoms with E-state index in [0.29, 0.717) is 10.7 Å². The number of rotatable bonds is 3. The summed E-state index contributed by atoms with van der Waals surface area (Å²) in [5.41, 5.74) is 2.26. The van der Waals surface area contributed by atoms with Gasteiger partial charge in [0.1, 0.15) is 5.92 Å². The third kappa shape index (κ3) is 3.35. The molecule has 2 heterocycles. The van der Waals surface area contributed by atoms with Crippen molar-refractivity contribution in [2.24, 2.45) is 5.92 Å². The number of fused-ring (bicyclic) bond motifs is 3.